The van der Waals surface area contributed by atoms with Crippen LogP contribution in [0.2, 0.25) is 0 Å². The molecule has 0 spiro atoms. The molecule has 27 heavy (non-hydrogen) atoms. The van der Waals surface area contributed by atoms with Gasteiger partial charge in [-0.2, -0.15) is 4.98 Å². The zero-order valence-corrected chi connectivity index (χ0v) is 15.1. The fourth-order valence-corrected chi connectivity index (χ4v) is 3.34. The molecule has 1 aliphatic heterocycles. The number of carbonyl (C=O) groups excluding carboxylic acids is 1. The van der Waals surface area contributed by atoms with Crippen molar-refractivity contribution in [3.8, 4) is 17.4 Å². The van der Waals surface area contributed by atoms with E-state index in [0.717, 1.165) is 17.7 Å². The Morgan fingerprint density at radius 3 is 3.07 bits per heavy atom. The third kappa shape index (κ3) is 3.86. The first-order valence-electron chi connectivity index (χ1n) is 9.01. The highest BCUT2D eigenvalue weighted by atomic mass is 16.5. The molecule has 1 aliphatic rings. The topological polar surface area (TPSA) is 81.6 Å². The van der Waals surface area contributed by atoms with Gasteiger partial charge in [-0.3, -0.25) is 4.79 Å². The van der Waals surface area contributed by atoms with Gasteiger partial charge in [0.05, 0.1) is 13.4 Å². The molecular weight excluding hydrogens is 346 g/mol. The number of aromatic nitrogens is 2. The van der Waals surface area contributed by atoms with E-state index in [0.29, 0.717) is 43.4 Å². The summed E-state index contributed by atoms with van der Waals surface area (Å²) < 4.78 is 15.8. The normalized spacial score (nSPS) is 16.6. The number of hydrogen-bond donors (Lipinski definition) is 0. The van der Waals surface area contributed by atoms with Crippen LogP contribution < -0.4 is 4.74 Å². The van der Waals surface area contributed by atoms with Gasteiger partial charge < -0.3 is 18.6 Å². The number of likely N-dealkylation sites (tertiary alicyclic amines) is 1. The fourth-order valence-electron chi connectivity index (χ4n) is 3.34. The second-order valence-corrected chi connectivity index (χ2v) is 6.61. The van der Waals surface area contributed by atoms with Crippen LogP contribution >= 0.6 is 0 Å². The van der Waals surface area contributed by atoms with E-state index in [1.54, 1.807) is 25.5 Å². The number of rotatable bonds is 6. The summed E-state index contributed by atoms with van der Waals surface area (Å²) >= 11 is 0. The van der Waals surface area contributed by atoms with Gasteiger partial charge in [0.25, 0.3) is 5.89 Å². The number of ether oxygens (including phenoxy) is 1. The Labute approximate surface area is 156 Å². The second kappa shape index (κ2) is 7.65. The summed E-state index contributed by atoms with van der Waals surface area (Å²) in [6, 6.07) is 11.4. The summed E-state index contributed by atoms with van der Waals surface area (Å²) in [5.41, 5.74) is 1.10. The van der Waals surface area contributed by atoms with E-state index in [4.69, 9.17) is 13.7 Å². The van der Waals surface area contributed by atoms with E-state index in [1.807, 2.05) is 29.2 Å². The fraction of sp³-hybridized carbons (Fsp3) is 0.350. The highest BCUT2D eigenvalue weighted by Crippen LogP contribution is 2.28. The molecule has 2 aromatic heterocycles. The van der Waals surface area contributed by atoms with Crippen molar-refractivity contribution in [1.82, 2.24) is 15.0 Å². The minimum Gasteiger partial charge on any atom is -0.497 e. The third-order valence-electron chi connectivity index (χ3n) is 4.84. The zero-order chi connectivity index (χ0) is 18.6. The Bertz CT molecular complexity index is 904. The number of methoxy groups -OCH3 is 1. The summed E-state index contributed by atoms with van der Waals surface area (Å²) in [5.74, 6) is 2.61. The third-order valence-corrected chi connectivity index (χ3v) is 4.84. The molecule has 0 N–H and O–H groups in total. The number of furan rings is 1. The molecule has 0 saturated carbocycles. The van der Waals surface area contributed by atoms with Gasteiger partial charge >= 0.3 is 0 Å². The van der Waals surface area contributed by atoms with Crippen LogP contribution in [0.5, 0.6) is 5.75 Å². The van der Waals surface area contributed by atoms with Crippen LogP contribution in [0.1, 0.15) is 30.1 Å². The Balaban J connectivity index is 1.33. The first kappa shape index (κ1) is 17.3. The maximum atomic E-state index is 12.6. The summed E-state index contributed by atoms with van der Waals surface area (Å²) in [6.07, 6.45) is 3.57. The molecule has 1 atom stereocenters. The van der Waals surface area contributed by atoms with Crippen LogP contribution in [0.25, 0.3) is 11.7 Å². The lowest BCUT2D eigenvalue weighted by Gasteiger charge is -2.16. The van der Waals surface area contributed by atoms with Crippen LogP contribution in [-0.2, 0) is 11.2 Å². The van der Waals surface area contributed by atoms with Gasteiger partial charge in [0.1, 0.15) is 5.75 Å². The number of amides is 1. The number of benzene rings is 1. The van der Waals surface area contributed by atoms with Gasteiger partial charge in [-0.05, 0) is 42.7 Å². The highest BCUT2D eigenvalue weighted by molar-refractivity contribution is 5.76. The van der Waals surface area contributed by atoms with Gasteiger partial charge in [0.2, 0.25) is 5.91 Å². The molecule has 1 fully saturated rings. The maximum Gasteiger partial charge on any atom is 0.293 e. The van der Waals surface area contributed by atoms with E-state index >= 15 is 0 Å². The molecule has 0 unspecified atom stereocenters. The zero-order valence-electron chi connectivity index (χ0n) is 15.1. The lowest BCUT2D eigenvalue weighted by molar-refractivity contribution is -0.130. The van der Waals surface area contributed by atoms with Gasteiger partial charge in [0, 0.05) is 25.4 Å². The SMILES string of the molecule is COc1cccc(CCC(=O)N2CC[C@@H](c3noc(-c4ccco4)n3)C2)c1. The van der Waals surface area contributed by atoms with E-state index < -0.39 is 0 Å². The monoisotopic (exact) mass is 367 g/mol. The number of nitrogens with zero attached hydrogens (tertiary/aromatic N) is 3. The van der Waals surface area contributed by atoms with Crippen molar-refractivity contribution in [3.63, 3.8) is 0 Å². The lowest BCUT2D eigenvalue weighted by Crippen LogP contribution is -2.28. The maximum absolute atomic E-state index is 12.6. The van der Waals surface area contributed by atoms with Crippen molar-refractivity contribution in [2.24, 2.45) is 0 Å². The molecule has 0 radical (unpaired) electrons. The van der Waals surface area contributed by atoms with E-state index in [2.05, 4.69) is 10.1 Å². The molecule has 7 heteroatoms. The van der Waals surface area contributed by atoms with Crippen molar-refractivity contribution in [3.05, 3.63) is 54.0 Å². The van der Waals surface area contributed by atoms with Crippen molar-refractivity contribution in [2.45, 2.75) is 25.2 Å². The van der Waals surface area contributed by atoms with Crippen molar-refractivity contribution in [1.29, 1.82) is 0 Å². The number of carbonyl (C=O) groups is 1. The summed E-state index contributed by atoms with van der Waals surface area (Å²) in [5, 5.41) is 4.06. The van der Waals surface area contributed by atoms with E-state index in [9.17, 15) is 4.79 Å². The summed E-state index contributed by atoms with van der Waals surface area (Å²) in [7, 11) is 1.64. The van der Waals surface area contributed by atoms with Crippen LogP contribution in [0, 0.1) is 0 Å². The molecule has 1 amide bonds. The molecular formula is C20H21N3O4. The molecule has 1 aromatic carbocycles. The van der Waals surface area contributed by atoms with Crippen LogP contribution in [-0.4, -0.2) is 41.1 Å². The minimum absolute atomic E-state index is 0.0956. The van der Waals surface area contributed by atoms with Crippen molar-refractivity contribution >= 4 is 5.91 Å². The average Bonchev–Trinajstić information content (AvgIpc) is 3.46. The van der Waals surface area contributed by atoms with Crippen LogP contribution in [0.3, 0.4) is 0 Å². The Kier molecular flexibility index (Phi) is 4.91. The first-order chi connectivity index (χ1) is 13.2. The molecule has 7 nitrogen and oxygen atoms in total. The lowest BCUT2D eigenvalue weighted by atomic mass is 10.1. The first-order valence-corrected chi connectivity index (χ1v) is 9.01. The Morgan fingerprint density at radius 1 is 1.33 bits per heavy atom. The average molecular weight is 367 g/mol. The van der Waals surface area contributed by atoms with Gasteiger partial charge in [-0.1, -0.05) is 17.3 Å². The van der Waals surface area contributed by atoms with E-state index in [-0.39, 0.29) is 11.8 Å². The molecule has 3 aromatic rings. The predicted molar refractivity (Wildman–Crippen MR) is 97.3 cm³/mol. The van der Waals surface area contributed by atoms with E-state index in [1.165, 1.54) is 0 Å². The molecule has 0 bridgehead atoms. The summed E-state index contributed by atoms with van der Waals surface area (Å²) in [4.78, 5) is 18.9. The largest absolute Gasteiger partial charge is 0.497 e. The standard InChI is InChI=1S/C20H21N3O4/c1-25-16-5-2-4-14(12-16)7-8-18(24)23-10-9-15(13-23)19-21-20(27-22-19)17-6-3-11-26-17/h2-6,11-12,15H,7-10,13H2,1H3/t15-/m1/s1. The minimum atomic E-state index is 0.0956. The Hall–Kier alpha value is -3.09. The van der Waals surface area contributed by atoms with Crippen molar-refractivity contribution in [2.75, 3.05) is 20.2 Å². The Morgan fingerprint density at radius 2 is 2.26 bits per heavy atom. The molecule has 3 heterocycles. The van der Waals surface area contributed by atoms with Crippen LogP contribution in [0.15, 0.2) is 51.6 Å². The van der Waals surface area contributed by atoms with Crippen molar-refractivity contribution < 1.29 is 18.5 Å². The summed E-state index contributed by atoms with van der Waals surface area (Å²) in [6.45, 7) is 1.33. The molecule has 4 rings (SSSR count). The van der Waals surface area contributed by atoms with Crippen LogP contribution in [0.4, 0.5) is 0 Å². The molecule has 1 saturated heterocycles. The molecule has 140 valence electrons. The smallest absolute Gasteiger partial charge is 0.293 e. The highest BCUT2D eigenvalue weighted by Gasteiger charge is 2.30. The molecule has 0 aliphatic carbocycles. The van der Waals surface area contributed by atoms with Gasteiger partial charge in [-0.25, -0.2) is 0 Å². The van der Waals surface area contributed by atoms with Gasteiger partial charge in [0.15, 0.2) is 11.6 Å². The second-order valence-electron chi connectivity index (χ2n) is 6.61. The number of hydrogen-bond acceptors (Lipinski definition) is 6. The predicted octanol–water partition coefficient (Wildman–Crippen LogP) is 3.29. The quantitative estimate of drug-likeness (QED) is 0.665. The van der Waals surface area contributed by atoms with Gasteiger partial charge in [-0.15, -0.1) is 0 Å². The number of aryl methyl sites for hydroxylation is 1.